The normalized spacial score (nSPS) is 37.6. The lowest BCUT2D eigenvalue weighted by atomic mass is 9.99. The Kier molecular flexibility index (Phi) is 7.80. The minimum Gasteiger partial charge on any atom is -0.394 e. The number of hydrogen-bond acceptors (Lipinski definition) is 7. The number of ether oxygens (including phenoxy) is 2. The van der Waals surface area contributed by atoms with Gasteiger partial charge in [-0.2, -0.15) is 0 Å². The van der Waals surface area contributed by atoms with E-state index in [1.807, 2.05) is 0 Å². The molecule has 5 atom stereocenters. The van der Waals surface area contributed by atoms with Gasteiger partial charge in [-0.1, -0.05) is 0 Å². The first-order valence-electron chi connectivity index (χ1n) is 5.36. The molecule has 0 aromatic heterocycles. The van der Waals surface area contributed by atoms with Crippen LogP contribution in [-0.4, -0.2) is 76.1 Å². The minimum atomic E-state index is -1.36. The Bertz CT molecular complexity index is 176. The van der Waals surface area contributed by atoms with Crippen molar-refractivity contribution in [3.05, 3.63) is 0 Å². The molecule has 5 unspecified atom stereocenters. The van der Waals surface area contributed by atoms with Crippen LogP contribution in [0.5, 0.6) is 0 Å². The van der Waals surface area contributed by atoms with Crippen LogP contribution in [0.3, 0.4) is 0 Å². The molecule has 0 saturated carbocycles. The number of methoxy groups -OCH3 is 1. The van der Waals surface area contributed by atoms with Crippen LogP contribution in [0, 0.1) is 0 Å². The van der Waals surface area contributed by atoms with E-state index in [1.54, 1.807) is 13.8 Å². The molecule has 0 aromatic carbocycles. The molecule has 1 aliphatic heterocycles. The Hall–Kier alpha value is -0.280. The predicted molar refractivity (Wildman–Crippen MR) is 58.1 cm³/mol. The molecule has 0 amide bonds. The Labute approximate surface area is 100 Å². The highest BCUT2D eigenvalue weighted by atomic mass is 16.7. The van der Waals surface area contributed by atoms with Gasteiger partial charge < -0.3 is 35.0 Å². The van der Waals surface area contributed by atoms with Gasteiger partial charge in [-0.05, 0) is 13.8 Å². The van der Waals surface area contributed by atoms with Gasteiger partial charge >= 0.3 is 0 Å². The van der Waals surface area contributed by atoms with Crippen LogP contribution >= 0.6 is 0 Å². The highest BCUT2D eigenvalue weighted by Gasteiger charge is 2.43. The molecule has 1 rings (SSSR count). The van der Waals surface area contributed by atoms with Gasteiger partial charge in [-0.15, -0.1) is 0 Å². The first-order chi connectivity index (χ1) is 7.84. The van der Waals surface area contributed by atoms with Crippen molar-refractivity contribution in [3.63, 3.8) is 0 Å². The summed E-state index contributed by atoms with van der Waals surface area (Å²) in [7, 11) is 1.30. The molecule has 17 heavy (non-hydrogen) atoms. The van der Waals surface area contributed by atoms with Crippen molar-refractivity contribution in [1.29, 1.82) is 0 Å². The van der Waals surface area contributed by atoms with Crippen molar-refractivity contribution < 1.29 is 35.0 Å². The third-order valence-corrected chi connectivity index (χ3v) is 2.08. The molecular weight excluding hydrogens is 232 g/mol. The van der Waals surface area contributed by atoms with E-state index in [2.05, 4.69) is 0 Å². The molecule has 0 bridgehead atoms. The van der Waals surface area contributed by atoms with Crippen molar-refractivity contribution in [3.8, 4) is 0 Å². The number of aliphatic hydroxyl groups is 5. The first-order valence-corrected chi connectivity index (χ1v) is 5.36. The predicted octanol–water partition coefficient (Wildman–Crippen LogP) is -2.18. The fraction of sp³-hybridized carbons (Fsp3) is 1.00. The molecule has 0 aromatic rings. The third kappa shape index (κ3) is 5.26. The van der Waals surface area contributed by atoms with E-state index >= 15 is 0 Å². The van der Waals surface area contributed by atoms with Crippen LogP contribution in [0.4, 0.5) is 0 Å². The topological polar surface area (TPSA) is 120 Å². The van der Waals surface area contributed by atoms with E-state index in [9.17, 15) is 15.3 Å². The van der Waals surface area contributed by atoms with E-state index in [-0.39, 0.29) is 6.10 Å². The van der Waals surface area contributed by atoms with E-state index < -0.39 is 37.3 Å². The minimum absolute atomic E-state index is 0.167. The van der Waals surface area contributed by atoms with Crippen molar-refractivity contribution in [2.75, 3.05) is 13.7 Å². The largest absolute Gasteiger partial charge is 0.394 e. The molecule has 0 radical (unpaired) electrons. The zero-order chi connectivity index (χ0) is 13.6. The maximum Gasteiger partial charge on any atom is 0.186 e. The van der Waals surface area contributed by atoms with Gasteiger partial charge in [0, 0.05) is 13.2 Å². The van der Waals surface area contributed by atoms with Crippen molar-refractivity contribution in [2.45, 2.75) is 50.7 Å². The van der Waals surface area contributed by atoms with Crippen LogP contribution in [0.1, 0.15) is 13.8 Å². The van der Waals surface area contributed by atoms with Crippen LogP contribution in [0.15, 0.2) is 0 Å². The lowest BCUT2D eigenvalue weighted by Gasteiger charge is -2.38. The summed E-state index contributed by atoms with van der Waals surface area (Å²) in [5.41, 5.74) is 0. The summed E-state index contributed by atoms with van der Waals surface area (Å²) in [6.07, 6.45) is -6.08. The van der Waals surface area contributed by atoms with E-state index in [4.69, 9.17) is 19.7 Å². The smallest absolute Gasteiger partial charge is 0.186 e. The quantitative estimate of drug-likeness (QED) is 0.380. The van der Waals surface area contributed by atoms with E-state index in [1.165, 1.54) is 7.11 Å². The van der Waals surface area contributed by atoms with Gasteiger partial charge in [-0.25, -0.2) is 0 Å². The molecule has 1 saturated heterocycles. The summed E-state index contributed by atoms with van der Waals surface area (Å²) in [4.78, 5) is 0. The molecular formula is C10H22O7. The molecule has 104 valence electrons. The van der Waals surface area contributed by atoms with Gasteiger partial charge in [0.2, 0.25) is 0 Å². The summed E-state index contributed by atoms with van der Waals surface area (Å²) < 4.78 is 9.65. The lowest BCUT2D eigenvalue weighted by molar-refractivity contribution is -0.294. The van der Waals surface area contributed by atoms with Crippen molar-refractivity contribution in [1.82, 2.24) is 0 Å². The fourth-order valence-corrected chi connectivity index (χ4v) is 1.26. The summed E-state index contributed by atoms with van der Waals surface area (Å²) in [5, 5.41) is 44.6. The summed E-state index contributed by atoms with van der Waals surface area (Å²) in [6, 6.07) is 0. The number of rotatable bonds is 2. The van der Waals surface area contributed by atoms with Crippen LogP contribution in [0.25, 0.3) is 0 Å². The second-order valence-corrected chi connectivity index (χ2v) is 4.03. The van der Waals surface area contributed by atoms with Gasteiger partial charge in [0.15, 0.2) is 6.29 Å². The third-order valence-electron chi connectivity index (χ3n) is 2.08. The van der Waals surface area contributed by atoms with Crippen molar-refractivity contribution in [2.24, 2.45) is 0 Å². The monoisotopic (exact) mass is 254 g/mol. The second-order valence-electron chi connectivity index (χ2n) is 4.03. The van der Waals surface area contributed by atoms with Crippen LogP contribution in [0.2, 0.25) is 0 Å². The average Bonchev–Trinajstić information content (AvgIpc) is 2.26. The Morgan fingerprint density at radius 1 is 1.12 bits per heavy atom. The van der Waals surface area contributed by atoms with Gasteiger partial charge in [0.05, 0.1) is 6.61 Å². The fourth-order valence-electron chi connectivity index (χ4n) is 1.26. The van der Waals surface area contributed by atoms with E-state index in [0.29, 0.717) is 0 Å². The summed E-state index contributed by atoms with van der Waals surface area (Å²) in [6.45, 7) is 3.00. The average molecular weight is 254 g/mol. The second kappa shape index (κ2) is 7.93. The Morgan fingerprint density at radius 2 is 1.59 bits per heavy atom. The lowest BCUT2D eigenvalue weighted by Crippen LogP contribution is -2.58. The molecule has 0 spiro atoms. The highest BCUT2D eigenvalue weighted by Crippen LogP contribution is 2.20. The van der Waals surface area contributed by atoms with Crippen molar-refractivity contribution >= 4 is 0 Å². The standard InChI is InChI=1S/C7H14O6.C3H8O/c1-12-7-6(11)5(10)4(9)3(2-8)13-7;1-3(2)4/h3-11H,2H2,1H3;3-4H,1-2H3. The molecule has 7 nitrogen and oxygen atoms in total. The highest BCUT2D eigenvalue weighted by molar-refractivity contribution is 4.88. The number of hydrogen-bond donors (Lipinski definition) is 5. The molecule has 5 N–H and O–H groups in total. The van der Waals surface area contributed by atoms with Crippen LogP contribution < -0.4 is 0 Å². The Balaban J connectivity index is 0.000000557. The zero-order valence-electron chi connectivity index (χ0n) is 10.2. The van der Waals surface area contributed by atoms with Gasteiger partial charge in [0.1, 0.15) is 24.4 Å². The SMILES string of the molecule is CC(C)O.COC1OC(CO)C(O)C(O)C1O. The molecule has 0 aliphatic carbocycles. The maximum atomic E-state index is 9.28. The molecule has 1 fully saturated rings. The Morgan fingerprint density at radius 3 is 1.94 bits per heavy atom. The number of aliphatic hydroxyl groups excluding tert-OH is 5. The molecule has 1 aliphatic rings. The first kappa shape index (κ1) is 16.7. The summed E-state index contributed by atoms with van der Waals surface area (Å²) in [5.74, 6) is 0. The molecule has 7 heteroatoms. The van der Waals surface area contributed by atoms with Gasteiger partial charge in [-0.3, -0.25) is 0 Å². The summed E-state index contributed by atoms with van der Waals surface area (Å²) >= 11 is 0. The van der Waals surface area contributed by atoms with Gasteiger partial charge in [0.25, 0.3) is 0 Å². The molecule has 1 heterocycles. The zero-order valence-corrected chi connectivity index (χ0v) is 10.2. The van der Waals surface area contributed by atoms with E-state index in [0.717, 1.165) is 0 Å². The van der Waals surface area contributed by atoms with Crippen LogP contribution in [-0.2, 0) is 9.47 Å². The maximum absolute atomic E-state index is 9.28.